The van der Waals surface area contributed by atoms with Crippen molar-refractivity contribution in [3.63, 3.8) is 0 Å². The van der Waals surface area contributed by atoms with Gasteiger partial charge < -0.3 is 0 Å². The van der Waals surface area contributed by atoms with Crippen molar-refractivity contribution in [1.29, 1.82) is 0 Å². The molecule has 0 unspecified atom stereocenters. The van der Waals surface area contributed by atoms with E-state index in [0.717, 1.165) is 0 Å². The smallest absolute Gasteiger partial charge is 0.0554 e. The van der Waals surface area contributed by atoms with Gasteiger partial charge in [-0.2, -0.15) is 0 Å². The first-order valence-corrected chi connectivity index (χ1v) is 1.000. The van der Waals surface area contributed by atoms with Crippen LogP contribution in [0.15, 0.2) is 6.08 Å². The average Bonchev–Trinajstić information content (AvgIpc) is 1.38. The van der Waals surface area contributed by atoms with Crippen LogP contribution in [0.3, 0.4) is 0 Å². The molecule has 0 bridgehead atoms. The molecule has 0 spiro atoms. The fraction of sp³-hybridized carbons (Fsp3) is 0. The van der Waals surface area contributed by atoms with Crippen molar-refractivity contribution in [2.75, 3.05) is 0 Å². The molecule has 0 aromatic heterocycles. The third-order valence-electron chi connectivity index (χ3n) is 0.126. The summed E-state index contributed by atoms with van der Waals surface area (Å²) in [5.41, 5.74) is 0. The summed E-state index contributed by atoms with van der Waals surface area (Å²) in [5, 5.41) is 0. The second kappa shape index (κ2) is 1.68. The standard InChI is InChI=1S/C3H2F2/c1-2-3(4)5/h1-2H/q+2. The molecule has 0 atom stereocenters. The van der Waals surface area contributed by atoms with E-state index >= 15 is 0 Å². The Hall–Kier alpha value is -0.620. The lowest BCUT2D eigenvalue weighted by Crippen LogP contribution is -1.60. The van der Waals surface area contributed by atoms with E-state index in [0.29, 0.717) is 0 Å². The molecule has 0 saturated heterocycles. The van der Waals surface area contributed by atoms with Crippen LogP contribution in [0.2, 0.25) is 0 Å². The molecule has 5 heavy (non-hydrogen) atoms. The minimum Gasteiger partial charge on any atom is 0.0554 e. The third-order valence-corrected chi connectivity index (χ3v) is 0.126. The van der Waals surface area contributed by atoms with E-state index in [-0.39, 0.29) is 6.08 Å². The Bertz CT molecular complexity index is 31.9. The van der Waals surface area contributed by atoms with Crippen molar-refractivity contribution in [1.82, 2.24) is 0 Å². The van der Waals surface area contributed by atoms with Crippen molar-refractivity contribution in [2.24, 2.45) is 0 Å². The lowest BCUT2D eigenvalue weighted by atomic mass is 10.7. The van der Waals surface area contributed by atoms with Gasteiger partial charge in [0.1, 0.15) is 0 Å². The summed E-state index contributed by atoms with van der Waals surface area (Å²) in [6, 6.07) is 0. The highest BCUT2D eigenvalue weighted by atomic mass is 19.3. The monoisotopic (exact) mass is 76.0 g/mol. The van der Waals surface area contributed by atoms with Crippen LogP contribution in [0.1, 0.15) is 0 Å². The predicted octanol–water partition coefficient (Wildman–Crippen LogP) is 1.40. The van der Waals surface area contributed by atoms with Gasteiger partial charge in [0.2, 0.25) is 0 Å². The maximum absolute atomic E-state index is 10.5. The summed E-state index contributed by atoms with van der Waals surface area (Å²) in [7, 11) is 0. The van der Waals surface area contributed by atoms with Gasteiger partial charge in [0.05, 0.1) is 8.78 Å². The molecule has 0 aliphatic heterocycles. The van der Waals surface area contributed by atoms with Crippen molar-refractivity contribution in [3.8, 4) is 0 Å². The zero-order chi connectivity index (χ0) is 4.28. The lowest BCUT2D eigenvalue weighted by Gasteiger charge is -1.42. The van der Waals surface area contributed by atoms with Crippen LogP contribution in [0, 0.1) is 13.0 Å². The second-order valence-corrected chi connectivity index (χ2v) is 0.456. The fourth-order valence-corrected chi connectivity index (χ4v) is 0. The summed E-state index contributed by atoms with van der Waals surface area (Å²) in [4.78, 5) is 0. The summed E-state index contributed by atoms with van der Waals surface area (Å²) < 4.78 is 21.0. The van der Waals surface area contributed by atoms with Gasteiger partial charge in [0, 0.05) is 0 Å². The molecular weight excluding hydrogens is 74.0 g/mol. The Morgan fingerprint density at radius 2 is 1.80 bits per heavy atom. The van der Waals surface area contributed by atoms with Crippen LogP contribution in [-0.4, -0.2) is 0 Å². The first kappa shape index (κ1) is 4.38. The second-order valence-electron chi connectivity index (χ2n) is 0.456. The first-order valence-electron chi connectivity index (χ1n) is 1.000. The molecule has 0 aliphatic rings. The molecule has 0 fully saturated rings. The normalized spacial score (nSPS) is 6.60. The Balaban J connectivity index is 2.83. The molecular formula is C3H2F2+2. The fourth-order valence-electron chi connectivity index (χ4n) is 0. The van der Waals surface area contributed by atoms with Crippen molar-refractivity contribution >= 4 is 0 Å². The molecule has 0 heterocycles. The lowest BCUT2D eigenvalue weighted by molar-refractivity contribution is 0.333. The topological polar surface area (TPSA) is 0 Å². The van der Waals surface area contributed by atoms with E-state index in [1.54, 1.807) is 0 Å². The van der Waals surface area contributed by atoms with Crippen LogP contribution in [-0.2, 0) is 0 Å². The van der Waals surface area contributed by atoms with E-state index in [9.17, 15) is 8.78 Å². The van der Waals surface area contributed by atoms with Crippen LogP contribution in [0.4, 0.5) is 8.78 Å². The third kappa shape index (κ3) is 3.38. The highest BCUT2D eigenvalue weighted by Crippen LogP contribution is 1.99. The van der Waals surface area contributed by atoms with Gasteiger partial charge in [0.25, 0.3) is 6.58 Å². The highest BCUT2D eigenvalue weighted by molar-refractivity contribution is 4.81. The Morgan fingerprint density at radius 1 is 1.60 bits per heavy atom. The van der Waals surface area contributed by atoms with Gasteiger partial charge in [-0.25, -0.2) is 0 Å². The molecule has 0 nitrogen and oxygen atoms in total. The zero-order valence-corrected chi connectivity index (χ0v) is 2.41. The van der Waals surface area contributed by atoms with Crippen LogP contribution in [0.25, 0.3) is 0 Å². The van der Waals surface area contributed by atoms with Crippen LogP contribution >= 0.6 is 0 Å². The van der Waals surface area contributed by atoms with Crippen LogP contribution < -0.4 is 0 Å². The Labute approximate surface area is 29.1 Å². The van der Waals surface area contributed by atoms with Gasteiger partial charge in [-0.3, -0.25) is 0 Å². The molecule has 2 heteroatoms. The summed E-state index contributed by atoms with van der Waals surface area (Å²) >= 11 is 0. The molecule has 0 aromatic carbocycles. The van der Waals surface area contributed by atoms with Crippen molar-refractivity contribution in [3.05, 3.63) is 19.1 Å². The van der Waals surface area contributed by atoms with E-state index in [1.807, 2.05) is 0 Å². The van der Waals surface area contributed by atoms with Crippen molar-refractivity contribution < 1.29 is 8.78 Å². The quantitative estimate of drug-likeness (QED) is 0.414. The van der Waals surface area contributed by atoms with Gasteiger partial charge in [-0.05, 0) is 0 Å². The number of hydrogen-bond donors (Lipinski definition) is 0. The minimum atomic E-state index is -1.84. The Morgan fingerprint density at radius 3 is 1.80 bits per heavy atom. The molecule has 0 rings (SSSR count). The average molecular weight is 76.0 g/mol. The van der Waals surface area contributed by atoms with E-state index < -0.39 is 6.43 Å². The van der Waals surface area contributed by atoms with E-state index in [4.69, 9.17) is 0 Å². The predicted molar refractivity (Wildman–Crippen MR) is 14.3 cm³/mol. The molecule has 26 valence electrons. The maximum Gasteiger partial charge on any atom is 0.588 e. The van der Waals surface area contributed by atoms with Gasteiger partial charge in [-0.1, -0.05) is 0 Å². The molecule has 0 N–H and O–H groups in total. The number of hydrogen-bond acceptors (Lipinski definition) is 0. The molecule has 0 aliphatic carbocycles. The first-order chi connectivity index (χ1) is 2.27. The van der Waals surface area contributed by atoms with E-state index in [1.165, 1.54) is 0 Å². The molecule has 0 radical (unpaired) electrons. The van der Waals surface area contributed by atoms with Crippen LogP contribution in [0.5, 0.6) is 0 Å². The molecule has 0 saturated carbocycles. The maximum atomic E-state index is 10.5. The molecule has 0 amide bonds. The summed E-state index contributed by atoms with van der Waals surface area (Å²) in [6.07, 6.45) is -1.59. The van der Waals surface area contributed by atoms with Gasteiger partial charge >= 0.3 is 12.5 Å². The van der Waals surface area contributed by atoms with E-state index in [2.05, 4.69) is 6.58 Å². The summed E-state index contributed by atoms with van der Waals surface area (Å²) in [5.74, 6) is 0. The number of allylic oxidation sites excluding steroid dienone is 1. The highest BCUT2D eigenvalue weighted by Gasteiger charge is 2.19. The molecule has 0 aromatic rings. The van der Waals surface area contributed by atoms with Crippen molar-refractivity contribution in [2.45, 2.75) is 0 Å². The summed E-state index contributed by atoms with van der Waals surface area (Å²) in [6.45, 7) is 4.26. The minimum absolute atomic E-state index is 0.250. The number of rotatable bonds is 1. The van der Waals surface area contributed by atoms with Gasteiger partial charge in [-0.15, -0.1) is 0 Å². The number of halogens is 2. The SMILES string of the molecule is [CH+]=C[C+](F)F. The van der Waals surface area contributed by atoms with Gasteiger partial charge in [0.15, 0.2) is 0 Å². The largest absolute Gasteiger partial charge is 0.588 e. The Kier molecular flexibility index (Phi) is 1.47. The zero-order valence-electron chi connectivity index (χ0n) is 2.41.